The lowest BCUT2D eigenvalue weighted by Crippen LogP contribution is -1.82. The summed E-state index contributed by atoms with van der Waals surface area (Å²) in [6.07, 6.45) is 5.28. The average molecular weight is 300 g/mol. The third-order valence-electron chi connectivity index (χ3n) is 3.00. The van der Waals surface area contributed by atoms with E-state index in [1.54, 1.807) is 0 Å². The van der Waals surface area contributed by atoms with Crippen molar-refractivity contribution in [2.24, 2.45) is 0 Å². The van der Waals surface area contributed by atoms with Crippen molar-refractivity contribution in [3.8, 4) is 11.5 Å². The summed E-state index contributed by atoms with van der Waals surface area (Å²) < 4.78 is 5.63. The van der Waals surface area contributed by atoms with Crippen LogP contribution in [-0.4, -0.2) is 0 Å². The van der Waals surface area contributed by atoms with Gasteiger partial charge < -0.3 is 4.74 Å². The van der Waals surface area contributed by atoms with Gasteiger partial charge in [0, 0.05) is 0 Å². The van der Waals surface area contributed by atoms with E-state index >= 15 is 0 Å². The van der Waals surface area contributed by atoms with Gasteiger partial charge in [0.25, 0.3) is 0 Å². The van der Waals surface area contributed by atoms with Crippen LogP contribution in [0.15, 0.2) is 54.6 Å². The van der Waals surface area contributed by atoms with Crippen molar-refractivity contribution in [1.82, 2.24) is 0 Å². The lowest BCUT2D eigenvalue weighted by Gasteiger charge is -2.04. The summed E-state index contributed by atoms with van der Waals surface area (Å²) in [4.78, 5) is 0. The first-order valence-electron chi connectivity index (χ1n) is 8.47. The molecule has 122 valence electrons. The number of para-hydroxylation sites is 1. The molecule has 0 bridgehead atoms. The monoisotopic (exact) mass is 300 g/mol. The second kappa shape index (κ2) is 14.2. The van der Waals surface area contributed by atoms with Gasteiger partial charge in [0.15, 0.2) is 0 Å². The SMILES string of the molecule is CCCC.CCCC.Cc1ccc(Oc2ccccc2)cc1. The second-order valence-corrected chi connectivity index (χ2v) is 5.23. The molecular formula is C21H32O. The van der Waals surface area contributed by atoms with E-state index in [-0.39, 0.29) is 0 Å². The predicted molar refractivity (Wildman–Crippen MR) is 98.9 cm³/mol. The number of aryl methyl sites for hydroxylation is 1. The van der Waals surface area contributed by atoms with Crippen molar-refractivity contribution < 1.29 is 4.74 Å². The Kier molecular flexibility index (Phi) is 13.1. The average Bonchev–Trinajstić information content (AvgIpc) is 2.58. The number of ether oxygens (including phenoxy) is 1. The van der Waals surface area contributed by atoms with Crippen LogP contribution in [0.3, 0.4) is 0 Å². The van der Waals surface area contributed by atoms with Crippen LogP contribution in [0.2, 0.25) is 0 Å². The highest BCUT2D eigenvalue weighted by molar-refractivity contribution is 5.32. The van der Waals surface area contributed by atoms with E-state index in [0.29, 0.717) is 0 Å². The quantitative estimate of drug-likeness (QED) is 0.571. The van der Waals surface area contributed by atoms with Crippen molar-refractivity contribution in [1.29, 1.82) is 0 Å². The molecule has 0 N–H and O–H groups in total. The fraction of sp³-hybridized carbons (Fsp3) is 0.429. The molecule has 0 radical (unpaired) electrons. The molecule has 0 saturated heterocycles. The number of benzene rings is 2. The maximum absolute atomic E-state index is 5.63. The van der Waals surface area contributed by atoms with Gasteiger partial charge in [-0.2, -0.15) is 0 Å². The molecule has 2 aromatic rings. The van der Waals surface area contributed by atoms with Crippen molar-refractivity contribution in [3.05, 3.63) is 60.2 Å². The molecule has 2 aromatic carbocycles. The summed E-state index contributed by atoms with van der Waals surface area (Å²) in [6.45, 7) is 10.8. The number of unbranched alkanes of at least 4 members (excludes halogenated alkanes) is 2. The van der Waals surface area contributed by atoms with E-state index in [1.165, 1.54) is 31.2 Å². The Labute approximate surface area is 137 Å². The predicted octanol–water partition coefficient (Wildman–Crippen LogP) is 7.40. The lowest BCUT2D eigenvalue weighted by atomic mass is 10.2. The first-order chi connectivity index (χ1) is 10.7. The van der Waals surface area contributed by atoms with Gasteiger partial charge >= 0.3 is 0 Å². The van der Waals surface area contributed by atoms with Crippen LogP contribution in [0, 0.1) is 6.92 Å². The molecule has 1 nitrogen and oxygen atoms in total. The molecule has 22 heavy (non-hydrogen) atoms. The lowest BCUT2D eigenvalue weighted by molar-refractivity contribution is 0.482. The molecule has 1 heteroatoms. The molecule has 0 spiro atoms. The molecule has 0 aliphatic rings. The topological polar surface area (TPSA) is 9.23 Å². The fourth-order valence-corrected chi connectivity index (χ4v) is 1.23. The van der Waals surface area contributed by atoms with Crippen molar-refractivity contribution in [2.75, 3.05) is 0 Å². The third kappa shape index (κ3) is 11.0. The van der Waals surface area contributed by atoms with E-state index < -0.39 is 0 Å². The van der Waals surface area contributed by atoms with E-state index in [4.69, 9.17) is 4.74 Å². The van der Waals surface area contributed by atoms with Crippen molar-refractivity contribution >= 4 is 0 Å². The number of hydrogen-bond acceptors (Lipinski definition) is 1. The Morgan fingerprint density at radius 2 is 1.00 bits per heavy atom. The van der Waals surface area contributed by atoms with Crippen LogP contribution in [0.5, 0.6) is 11.5 Å². The molecule has 0 atom stereocenters. The normalized spacial score (nSPS) is 8.95. The van der Waals surface area contributed by atoms with Gasteiger partial charge in [0.1, 0.15) is 11.5 Å². The van der Waals surface area contributed by atoms with Gasteiger partial charge in [-0.05, 0) is 31.2 Å². The molecule has 0 saturated carbocycles. The summed E-state index contributed by atoms with van der Waals surface area (Å²) >= 11 is 0. The highest BCUT2D eigenvalue weighted by atomic mass is 16.5. The largest absolute Gasteiger partial charge is 0.457 e. The smallest absolute Gasteiger partial charge is 0.127 e. The minimum absolute atomic E-state index is 0.872. The zero-order valence-electron chi connectivity index (χ0n) is 14.9. The van der Waals surface area contributed by atoms with Gasteiger partial charge in [-0.15, -0.1) is 0 Å². The highest BCUT2D eigenvalue weighted by Gasteiger charge is 1.94. The maximum atomic E-state index is 5.63. The van der Waals surface area contributed by atoms with Crippen molar-refractivity contribution in [2.45, 2.75) is 60.3 Å². The Balaban J connectivity index is 0.000000464. The van der Waals surface area contributed by atoms with E-state index in [9.17, 15) is 0 Å². The van der Waals surface area contributed by atoms with E-state index in [1.807, 2.05) is 54.6 Å². The minimum Gasteiger partial charge on any atom is -0.457 e. The van der Waals surface area contributed by atoms with Crippen LogP contribution >= 0.6 is 0 Å². The van der Waals surface area contributed by atoms with Crippen molar-refractivity contribution in [3.63, 3.8) is 0 Å². The number of hydrogen-bond donors (Lipinski definition) is 0. The highest BCUT2D eigenvalue weighted by Crippen LogP contribution is 2.20. The van der Waals surface area contributed by atoms with Crippen LogP contribution < -0.4 is 4.74 Å². The standard InChI is InChI=1S/C13H12O.2C4H10/c1-11-7-9-13(10-8-11)14-12-5-3-2-4-6-12;2*1-3-4-2/h2-10H,1H3;2*3-4H2,1-2H3. The molecular weight excluding hydrogens is 268 g/mol. The first kappa shape index (κ1) is 20.2. The van der Waals surface area contributed by atoms with Gasteiger partial charge in [-0.3, -0.25) is 0 Å². The van der Waals surface area contributed by atoms with Crippen LogP contribution in [-0.2, 0) is 0 Å². The molecule has 0 heterocycles. The first-order valence-corrected chi connectivity index (χ1v) is 8.47. The van der Waals surface area contributed by atoms with Gasteiger partial charge in [0.2, 0.25) is 0 Å². The molecule has 2 rings (SSSR count). The Morgan fingerprint density at radius 1 is 0.591 bits per heavy atom. The summed E-state index contributed by atoms with van der Waals surface area (Å²) in [5.41, 5.74) is 1.24. The molecule has 0 aliphatic carbocycles. The van der Waals surface area contributed by atoms with Gasteiger partial charge in [0.05, 0.1) is 0 Å². The minimum atomic E-state index is 0.872. The van der Waals surface area contributed by atoms with Crippen LogP contribution in [0.4, 0.5) is 0 Å². The van der Waals surface area contributed by atoms with Gasteiger partial charge in [-0.25, -0.2) is 0 Å². The van der Waals surface area contributed by atoms with Gasteiger partial charge in [-0.1, -0.05) is 89.3 Å². The third-order valence-corrected chi connectivity index (χ3v) is 3.00. The zero-order valence-corrected chi connectivity index (χ0v) is 14.9. The number of rotatable bonds is 4. The molecule has 0 fully saturated rings. The summed E-state index contributed by atoms with van der Waals surface area (Å²) in [5, 5.41) is 0. The maximum Gasteiger partial charge on any atom is 0.127 e. The second-order valence-electron chi connectivity index (χ2n) is 5.23. The Morgan fingerprint density at radius 3 is 1.41 bits per heavy atom. The molecule has 0 unspecified atom stereocenters. The Hall–Kier alpha value is -1.76. The summed E-state index contributed by atoms with van der Waals surface area (Å²) in [7, 11) is 0. The summed E-state index contributed by atoms with van der Waals surface area (Å²) in [5.74, 6) is 1.75. The molecule has 0 aromatic heterocycles. The van der Waals surface area contributed by atoms with E-state index in [0.717, 1.165) is 11.5 Å². The molecule has 0 amide bonds. The van der Waals surface area contributed by atoms with Crippen LogP contribution in [0.1, 0.15) is 58.9 Å². The fourth-order valence-electron chi connectivity index (χ4n) is 1.23. The zero-order chi connectivity index (χ0) is 16.6. The van der Waals surface area contributed by atoms with Crippen LogP contribution in [0.25, 0.3) is 0 Å². The Bertz CT molecular complexity index is 437. The summed E-state index contributed by atoms with van der Waals surface area (Å²) in [6, 6.07) is 17.8. The molecule has 0 aliphatic heterocycles. The van der Waals surface area contributed by atoms with E-state index in [2.05, 4.69) is 34.6 Å².